The van der Waals surface area contributed by atoms with Gasteiger partial charge in [0.1, 0.15) is 20.6 Å². The van der Waals surface area contributed by atoms with Crippen molar-refractivity contribution in [1.82, 2.24) is 4.72 Å². The van der Waals surface area contributed by atoms with Crippen molar-refractivity contribution in [3.63, 3.8) is 0 Å². The van der Waals surface area contributed by atoms with Crippen LogP contribution < -0.4 is 10.5 Å². The van der Waals surface area contributed by atoms with E-state index in [0.717, 1.165) is 24.5 Å². The van der Waals surface area contributed by atoms with E-state index in [0.29, 0.717) is 0 Å². The Kier molecular flexibility index (Phi) is 5.42. The number of nitrogens with one attached hydrogen (secondary N) is 1. The summed E-state index contributed by atoms with van der Waals surface area (Å²) in [6.45, 7) is 1.41. The molecule has 1 rings (SSSR count). The van der Waals surface area contributed by atoms with Gasteiger partial charge in [-0.1, -0.05) is 12.2 Å². The molecule has 0 heterocycles. The van der Waals surface area contributed by atoms with Gasteiger partial charge in [-0.25, -0.2) is 25.9 Å². The standard InChI is InChI=1S/C11H15FN2O4S3/c1-7(6-20(2,15)16)14-21(17,18)8-3-4-10(12)9(5-8)11(13)19/h3-5,7,14H,6H2,1-2H3,(H2,13,19). The Morgan fingerprint density at radius 3 is 2.43 bits per heavy atom. The normalized spacial score (nSPS) is 13.9. The Labute approximate surface area is 128 Å². The number of nitrogens with two attached hydrogens (primary N) is 1. The first-order chi connectivity index (χ1) is 9.42. The Hall–Kier alpha value is -1.10. The minimum atomic E-state index is -4.00. The molecule has 0 aromatic heterocycles. The average molecular weight is 354 g/mol. The third-order valence-corrected chi connectivity index (χ3v) is 5.34. The second-order valence-electron chi connectivity index (χ2n) is 4.62. The van der Waals surface area contributed by atoms with Gasteiger partial charge in [-0.2, -0.15) is 0 Å². The van der Waals surface area contributed by atoms with Crippen LogP contribution in [0.15, 0.2) is 23.1 Å². The van der Waals surface area contributed by atoms with Crippen molar-refractivity contribution in [3.05, 3.63) is 29.6 Å². The zero-order valence-electron chi connectivity index (χ0n) is 11.3. The van der Waals surface area contributed by atoms with Gasteiger partial charge in [0, 0.05) is 17.9 Å². The van der Waals surface area contributed by atoms with E-state index in [1.807, 2.05) is 0 Å². The zero-order valence-corrected chi connectivity index (χ0v) is 13.8. The van der Waals surface area contributed by atoms with Gasteiger partial charge in [0.15, 0.2) is 0 Å². The van der Waals surface area contributed by atoms with E-state index in [1.165, 1.54) is 6.92 Å². The number of thiocarbonyl (C=S) groups is 1. The van der Waals surface area contributed by atoms with Crippen LogP contribution in [0, 0.1) is 5.82 Å². The van der Waals surface area contributed by atoms with Gasteiger partial charge >= 0.3 is 0 Å². The number of benzene rings is 1. The third-order valence-electron chi connectivity index (χ3n) is 2.42. The summed E-state index contributed by atoms with van der Waals surface area (Å²) < 4.78 is 62.1. The van der Waals surface area contributed by atoms with Crippen LogP contribution in [0.1, 0.15) is 12.5 Å². The van der Waals surface area contributed by atoms with Crippen LogP contribution in [0.25, 0.3) is 0 Å². The van der Waals surface area contributed by atoms with E-state index < -0.39 is 31.7 Å². The maximum absolute atomic E-state index is 13.4. The lowest BCUT2D eigenvalue weighted by Crippen LogP contribution is -2.37. The molecule has 6 nitrogen and oxygen atoms in total. The second-order valence-corrected chi connectivity index (χ2v) is 8.96. The van der Waals surface area contributed by atoms with Gasteiger partial charge in [0.05, 0.1) is 10.6 Å². The summed E-state index contributed by atoms with van der Waals surface area (Å²) in [5, 5.41) is 0. The van der Waals surface area contributed by atoms with Crippen molar-refractivity contribution in [1.29, 1.82) is 0 Å². The lowest BCUT2D eigenvalue weighted by atomic mass is 10.2. The molecule has 118 valence electrons. The SMILES string of the molecule is CC(CS(C)(=O)=O)NS(=O)(=O)c1ccc(F)c(C(N)=S)c1. The molecule has 10 heteroatoms. The summed E-state index contributed by atoms with van der Waals surface area (Å²) in [4.78, 5) is -0.513. The minimum absolute atomic E-state index is 0.191. The highest BCUT2D eigenvalue weighted by Gasteiger charge is 2.21. The van der Waals surface area contributed by atoms with Gasteiger partial charge in [-0.3, -0.25) is 0 Å². The van der Waals surface area contributed by atoms with Crippen molar-refractivity contribution in [2.24, 2.45) is 5.73 Å². The molecule has 3 N–H and O–H groups in total. The number of hydrogen-bond donors (Lipinski definition) is 2. The number of sulfonamides is 1. The molecule has 0 radical (unpaired) electrons. The molecular formula is C11H15FN2O4S3. The van der Waals surface area contributed by atoms with E-state index >= 15 is 0 Å². The fourth-order valence-electron chi connectivity index (χ4n) is 1.68. The van der Waals surface area contributed by atoms with Crippen molar-refractivity contribution in [3.8, 4) is 0 Å². The highest BCUT2D eigenvalue weighted by Crippen LogP contribution is 2.15. The second kappa shape index (κ2) is 6.34. The van der Waals surface area contributed by atoms with Crippen molar-refractivity contribution in [2.45, 2.75) is 17.9 Å². The molecule has 0 amide bonds. The molecule has 1 aromatic carbocycles. The molecule has 1 unspecified atom stereocenters. The van der Waals surface area contributed by atoms with E-state index in [-0.39, 0.29) is 21.2 Å². The predicted molar refractivity (Wildman–Crippen MR) is 81.8 cm³/mol. The number of hydrogen-bond acceptors (Lipinski definition) is 5. The third kappa shape index (κ3) is 5.30. The maximum atomic E-state index is 13.4. The van der Waals surface area contributed by atoms with Crippen LogP contribution in [-0.2, 0) is 19.9 Å². The highest BCUT2D eigenvalue weighted by molar-refractivity contribution is 7.91. The first-order valence-corrected chi connectivity index (χ1v) is 9.67. The molecule has 0 saturated heterocycles. The topological polar surface area (TPSA) is 106 Å². The Bertz CT molecular complexity index is 760. The Morgan fingerprint density at radius 1 is 1.38 bits per heavy atom. The van der Waals surface area contributed by atoms with Gasteiger partial charge in [0.25, 0.3) is 0 Å². The summed E-state index contributed by atoms with van der Waals surface area (Å²) in [7, 11) is -7.33. The van der Waals surface area contributed by atoms with Gasteiger partial charge in [-0.05, 0) is 25.1 Å². The first kappa shape index (κ1) is 18.0. The summed E-state index contributed by atoms with van der Waals surface area (Å²) in [6, 6.07) is 2.16. The van der Waals surface area contributed by atoms with E-state index in [2.05, 4.69) is 16.9 Å². The van der Waals surface area contributed by atoms with Gasteiger partial charge < -0.3 is 5.73 Å². The quantitative estimate of drug-likeness (QED) is 0.706. The van der Waals surface area contributed by atoms with E-state index in [1.54, 1.807) is 0 Å². The smallest absolute Gasteiger partial charge is 0.240 e. The van der Waals surface area contributed by atoms with Crippen LogP contribution in [0.5, 0.6) is 0 Å². The van der Waals surface area contributed by atoms with Crippen LogP contribution in [-0.4, -0.2) is 39.9 Å². The Balaban J connectivity index is 3.09. The molecule has 0 aliphatic rings. The summed E-state index contributed by atoms with van der Waals surface area (Å²) >= 11 is 4.63. The molecule has 1 aromatic rings. The van der Waals surface area contributed by atoms with Crippen molar-refractivity contribution in [2.75, 3.05) is 12.0 Å². The maximum Gasteiger partial charge on any atom is 0.240 e. The largest absolute Gasteiger partial charge is 0.389 e. The molecule has 0 aliphatic heterocycles. The van der Waals surface area contributed by atoms with Crippen molar-refractivity contribution >= 4 is 37.1 Å². The van der Waals surface area contributed by atoms with Crippen LogP contribution >= 0.6 is 12.2 Å². The minimum Gasteiger partial charge on any atom is -0.389 e. The molecule has 0 fully saturated rings. The zero-order chi connectivity index (χ0) is 16.4. The lowest BCUT2D eigenvalue weighted by molar-refractivity contribution is 0.564. The summed E-state index contributed by atoms with van der Waals surface area (Å²) in [5.41, 5.74) is 5.12. The molecule has 0 bridgehead atoms. The first-order valence-electron chi connectivity index (χ1n) is 5.72. The van der Waals surface area contributed by atoms with Crippen molar-refractivity contribution < 1.29 is 21.2 Å². The molecule has 1 atom stereocenters. The van der Waals surface area contributed by atoms with E-state index in [9.17, 15) is 21.2 Å². The number of sulfone groups is 1. The average Bonchev–Trinajstić information content (AvgIpc) is 2.24. The number of halogens is 1. The van der Waals surface area contributed by atoms with Crippen LogP contribution in [0.3, 0.4) is 0 Å². The molecule has 0 saturated carbocycles. The van der Waals surface area contributed by atoms with E-state index in [4.69, 9.17) is 5.73 Å². The van der Waals surface area contributed by atoms with Crippen LogP contribution in [0.2, 0.25) is 0 Å². The fourth-order valence-corrected chi connectivity index (χ4v) is 4.20. The molecule has 0 aliphatic carbocycles. The fraction of sp³-hybridized carbons (Fsp3) is 0.364. The van der Waals surface area contributed by atoms with Gasteiger partial charge in [0.2, 0.25) is 10.0 Å². The number of rotatable bonds is 6. The summed E-state index contributed by atoms with van der Waals surface area (Å²) in [5.74, 6) is -1.08. The summed E-state index contributed by atoms with van der Waals surface area (Å²) in [6.07, 6.45) is 1.00. The monoisotopic (exact) mass is 354 g/mol. The molecular weight excluding hydrogens is 339 g/mol. The molecule has 0 spiro atoms. The van der Waals surface area contributed by atoms with Crippen LogP contribution in [0.4, 0.5) is 4.39 Å². The predicted octanol–water partition coefficient (Wildman–Crippen LogP) is 0.171. The Morgan fingerprint density at radius 2 is 1.95 bits per heavy atom. The highest BCUT2D eigenvalue weighted by atomic mass is 32.2. The van der Waals surface area contributed by atoms with Gasteiger partial charge in [-0.15, -0.1) is 0 Å². The molecule has 21 heavy (non-hydrogen) atoms. The lowest BCUT2D eigenvalue weighted by Gasteiger charge is -2.14.